The molecule has 116 valence electrons. The molecule has 2 bridgehead atoms. The van der Waals surface area contributed by atoms with Gasteiger partial charge in [-0.2, -0.15) is 0 Å². The molecular weight excluding hydrogens is 294 g/mol. The summed E-state index contributed by atoms with van der Waals surface area (Å²) in [5.74, 6) is 0.336. The lowest BCUT2D eigenvalue weighted by molar-refractivity contribution is -0.137. The number of fused-ring (bicyclic) bond motifs is 1. The van der Waals surface area contributed by atoms with E-state index in [1.165, 1.54) is 36.1 Å². The highest BCUT2D eigenvalue weighted by molar-refractivity contribution is 7.11. The van der Waals surface area contributed by atoms with E-state index >= 15 is 0 Å². The Balaban J connectivity index is 1.54. The fraction of sp³-hybridized carbons (Fsp3) is 0.611. The minimum atomic E-state index is -0.378. The van der Waals surface area contributed by atoms with Crippen molar-refractivity contribution in [2.75, 3.05) is 6.54 Å². The van der Waals surface area contributed by atoms with Gasteiger partial charge >= 0.3 is 0 Å². The van der Waals surface area contributed by atoms with Crippen LogP contribution in [0.4, 0.5) is 0 Å². The van der Waals surface area contributed by atoms with E-state index in [1.807, 2.05) is 0 Å². The predicted molar refractivity (Wildman–Crippen MR) is 86.6 cm³/mol. The van der Waals surface area contributed by atoms with E-state index in [4.69, 9.17) is 4.74 Å². The van der Waals surface area contributed by atoms with Crippen molar-refractivity contribution in [3.8, 4) is 0 Å². The van der Waals surface area contributed by atoms with E-state index in [2.05, 4.69) is 35.4 Å². The lowest BCUT2D eigenvalue weighted by Crippen LogP contribution is -2.42. The number of likely N-dealkylation sites (tertiary alicyclic amines) is 1. The number of ether oxygens (including phenoxy) is 1. The fourth-order valence-electron chi connectivity index (χ4n) is 5.03. The number of amides is 1. The van der Waals surface area contributed by atoms with Gasteiger partial charge in [-0.3, -0.25) is 4.79 Å². The molecule has 5 rings (SSSR count). The van der Waals surface area contributed by atoms with E-state index in [9.17, 15) is 4.79 Å². The van der Waals surface area contributed by atoms with Gasteiger partial charge in [-0.25, -0.2) is 0 Å². The molecule has 0 N–H and O–H groups in total. The molecule has 1 amide bonds. The standard InChI is InChI=1S/C18H21NO2S/c1-17-10-14-13(15-7-4-8-22-15)9-18(17,21-14)11-19(16(17)20)12-5-2-3-6-12/h4,7-9,12,14H,2-3,5-6,10-11H2,1H3/t14-,17-,18+/m0/s1. The molecule has 3 aliphatic heterocycles. The Kier molecular flexibility index (Phi) is 2.56. The lowest BCUT2D eigenvalue weighted by Gasteiger charge is -2.30. The maximum absolute atomic E-state index is 13.1. The van der Waals surface area contributed by atoms with Crippen molar-refractivity contribution in [3.05, 3.63) is 28.5 Å². The Morgan fingerprint density at radius 2 is 2.18 bits per heavy atom. The molecule has 4 heterocycles. The molecule has 3 fully saturated rings. The highest BCUT2D eigenvalue weighted by Gasteiger charge is 2.70. The highest BCUT2D eigenvalue weighted by atomic mass is 32.1. The van der Waals surface area contributed by atoms with Crippen molar-refractivity contribution in [1.82, 2.24) is 4.90 Å². The first-order chi connectivity index (χ1) is 10.6. The van der Waals surface area contributed by atoms with Crippen molar-refractivity contribution in [1.29, 1.82) is 0 Å². The van der Waals surface area contributed by atoms with E-state index < -0.39 is 0 Å². The molecule has 1 aromatic heterocycles. The number of thiophene rings is 1. The van der Waals surface area contributed by atoms with Crippen LogP contribution in [0.25, 0.3) is 5.57 Å². The Morgan fingerprint density at radius 3 is 2.91 bits per heavy atom. The van der Waals surface area contributed by atoms with Crippen LogP contribution in [0.3, 0.4) is 0 Å². The first kappa shape index (κ1) is 13.3. The first-order valence-electron chi connectivity index (χ1n) is 8.39. The van der Waals surface area contributed by atoms with Crippen molar-refractivity contribution < 1.29 is 9.53 Å². The van der Waals surface area contributed by atoms with E-state index in [0.717, 1.165) is 13.0 Å². The fourth-order valence-corrected chi connectivity index (χ4v) is 5.82. The average molecular weight is 315 g/mol. The van der Waals surface area contributed by atoms with Gasteiger partial charge in [0.15, 0.2) is 0 Å². The quantitative estimate of drug-likeness (QED) is 0.836. The van der Waals surface area contributed by atoms with Gasteiger partial charge in [0.05, 0.1) is 18.1 Å². The minimum Gasteiger partial charge on any atom is -0.360 e. The third-order valence-corrected chi connectivity index (χ3v) is 7.24. The topological polar surface area (TPSA) is 29.5 Å². The zero-order valence-corrected chi connectivity index (χ0v) is 13.7. The van der Waals surface area contributed by atoms with Gasteiger partial charge in [0.2, 0.25) is 5.91 Å². The maximum Gasteiger partial charge on any atom is 0.232 e. The number of carbonyl (C=O) groups excluding carboxylic acids is 1. The van der Waals surface area contributed by atoms with Crippen molar-refractivity contribution in [2.24, 2.45) is 5.41 Å². The molecule has 0 unspecified atom stereocenters. The second-order valence-corrected chi connectivity index (χ2v) is 8.43. The van der Waals surface area contributed by atoms with Crippen LogP contribution < -0.4 is 0 Å². The third kappa shape index (κ3) is 1.48. The molecule has 4 aliphatic rings. The molecule has 2 saturated heterocycles. The Labute approximate surface area is 135 Å². The van der Waals surface area contributed by atoms with Gasteiger partial charge in [-0.05, 0) is 49.3 Å². The summed E-state index contributed by atoms with van der Waals surface area (Å²) < 4.78 is 6.44. The largest absolute Gasteiger partial charge is 0.360 e. The number of nitrogens with zero attached hydrogens (tertiary/aromatic N) is 1. The van der Waals surface area contributed by atoms with Crippen molar-refractivity contribution in [3.63, 3.8) is 0 Å². The van der Waals surface area contributed by atoms with Gasteiger partial charge in [-0.15, -0.1) is 11.3 Å². The van der Waals surface area contributed by atoms with Crippen LogP contribution in [0.15, 0.2) is 23.6 Å². The summed E-state index contributed by atoms with van der Waals surface area (Å²) in [4.78, 5) is 16.5. The Morgan fingerprint density at radius 1 is 1.36 bits per heavy atom. The van der Waals surface area contributed by atoms with Crippen LogP contribution in [0.1, 0.15) is 43.9 Å². The van der Waals surface area contributed by atoms with Gasteiger partial charge in [-0.1, -0.05) is 18.9 Å². The van der Waals surface area contributed by atoms with Crippen LogP contribution in [-0.4, -0.2) is 35.1 Å². The summed E-state index contributed by atoms with van der Waals surface area (Å²) in [6, 6.07) is 4.71. The normalized spacial score (nSPS) is 40.6. The third-order valence-electron chi connectivity index (χ3n) is 6.33. The molecular formula is C18H21NO2S. The molecule has 1 aromatic rings. The number of carbonyl (C=O) groups is 1. The van der Waals surface area contributed by atoms with Crippen LogP contribution in [0, 0.1) is 5.41 Å². The summed E-state index contributed by atoms with van der Waals surface area (Å²) in [6.07, 6.45) is 8.11. The van der Waals surface area contributed by atoms with Crippen LogP contribution in [0.2, 0.25) is 0 Å². The minimum absolute atomic E-state index is 0.110. The second kappa shape index (κ2) is 4.24. The van der Waals surface area contributed by atoms with Gasteiger partial charge in [0, 0.05) is 10.9 Å². The molecule has 1 aliphatic carbocycles. The van der Waals surface area contributed by atoms with Gasteiger partial charge in [0.1, 0.15) is 5.60 Å². The summed E-state index contributed by atoms with van der Waals surface area (Å²) in [5, 5.41) is 2.11. The van der Waals surface area contributed by atoms with E-state index in [1.54, 1.807) is 11.3 Å². The summed E-state index contributed by atoms with van der Waals surface area (Å²) in [5.41, 5.74) is 0.589. The Bertz CT molecular complexity index is 661. The SMILES string of the molecule is C[C@@]12C[C@@H]3O[C@]1(C=C3c1cccs1)CN(C1CCCC1)C2=O. The zero-order chi connectivity index (χ0) is 14.9. The summed E-state index contributed by atoms with van der Waals surface area (Å²) >= 11 is 1.77. The molecule has 22 heavy (non-hydrogen) atoms. The second-order valence-electron chi connectivity index (χ2n) is 7.48. The molecule has 0 radical (unpaired) electrons. The number of rotatable bonds is 2. The van der Waals surface area contributed by atoms with Gasteiger partial charge < -0.3 is 9.64 Å². The lowest BCUT2D eigenvalue weighted by atomic mass is 9.70. The van der Waals surface area contributed by atoms with Crippen LogP contribution in [-0.2, 0) is 9.53 Å². The van der Waals surface area contributed by atoms with E-state index in [-0.39, 0.29) is 17.1 Å². The molecule has 3 nitrogen and oxygen atoms in total. The molecule has 1 saturated carbocycles. The number of hydrogen-bond donors (Lipinski definition) is 0. The van der Waals surface area contributed by atoms with Gasteiger partial charge in [0.25, 0.3) is 0 Å². The van der Waals surface area contributed by atoms with Crippen molar-refractivity contribution in [2.45, 2.75) is 56.8 Å². The van der Waals surface area contributed by atoms with E-state index in [0.29, 0.717) is 11.9 Å². The zero-order valence-electron chi connectivity index (χ0n) is 12.9. The monoisotopic (exact) mass is 315 g/mol. The van der Waals surface area contributed by atoms with Crippen LogP contribution in [0.5, 0.6) is 0 Å². The van der Waals surface area contributed by atoms with Crippen molar-refractivity contribution >= 4 is 22.8 Å². The maximum atomic E-state index is 13.1. The summed E-state index contributed by atoms with van der Waals surface area (Å²) in [6.45, 7) is 2.89. The predicted octanol–water partition coefficient (Wildman–Crippen LogP) is 3.46. The molecule has 1 spiro atoms. The smallest absolute Gasteiger partial charge is 0.232 e. The average Bonchev–Trinajstić information content (AvgIpc) is 3.24. The molecule has 0 aromatic carbocycles. The summed E-state index contributed by atoms with van der Waals surface area (Å²) in [7, 11) is 0. The number of hydrogen-bond acceptors (Lipinski definition) is 3. The van der Waals surface area contributed by atoms with Crippen LogP contribution >= 0.6 is 11.3 Å². The molecule has 4 heteroatoms. The Hall–Kier alpha value is -1.13. The first-order valence-corrected chi connectivity index (χ1v) is 9.26. The highest BCUT2D eigenvalue weighted by Crippen LogP contribution is 2.61. The molecule has 3 atom stereocenters.